The van der Waals surface area contributed by atoms with Crippen molar-refractivity contribution in [3.63, 3.8) is 0 Å². The molecule has 4 rings (SSSR count). The summed E-state index contributed by atoms with van der Waals surface area (Å²) >= 11 is 0. The van der Waals surface area contributed by atoms with Gasteiger partial charge >= 0.3 is 0 Å². The van der Waals surface area contributed by atoms with Gasteiger partial charge in [-0.3, -0.25) is 0 Å². The van der Waals surface area contributed by atoms with E-state index in [1.807, 2.05) is 13.0 Å². The second-order valence-corrected chi connectivity index (χ2v) is 10.6. The third-order valence-electron chi connectivity index (χ3n) is 6.60. The van der Waals surface area contributed by atoms with Crippen molar-refractivity contribution < 1.29 is 13.8 Å². The van der Waals surface area contributed by atoms with Crippen molar-refractivity contribution in [1.82, 2.24) is 0 Å². The van der Waals surface area contributed by atoms with E-state index in [1.54, 1.807) is 0 Å². The normalized spacial score (nSPS) is 20.3. The maximum Gasteiger partial charge on any atom is 0.234 e. The van der Waals surface area contributed by atoms with Gasteiger partial charge in [-0.15, -0.1) is 0 Å². The molecule has 1 aliphatic carbocycles. The van der Waals surface area contributed by atoms with E-state index in [0.717, 1.165) is 42.7 Å². The molecule has 0 saturated carbocycles. The van der Waals surface area contributed by atoms with Gasteiger partial charge in [0.25, 0.3) is 0 Å². The fourth-order valence-corrected chi connectivity index (χ4v) is 6.27. The molecule has 3 unspecified atom stereocenters. The molecule has 33 heavy (non-hydrogen) atoms. The molecule has 2 aromatic rings. The minimum atomic E-state index is -1.10. The number of aryl methyl sites for hydroxylation is 1. The van der Waals surface area contributed by atoms with E-state index < -0.39 is 8.38 Å². The van der Waals surface area contributed by atoms with Gasteiger partial charge in [0.05, 0.1) is 12.8 Å². The lowest BCUT2D eigenvalue weighted by molar-refractivity contribution is 0.275. The van der Waals surface area contributed by atoms with Gasteiger partial charge in [-0.1, -0.05) is 68.3 Å². The quantitative estimate of drug-likeness (QED) is 0.200. The van der Waals surface area contributed by atoms with E-state index in [0.29, 0.717) is 12.5 Å². The van der Waals surface area contributed by atoms with Gasteiger partial charge in [0, 0.05) is 17.4 Å². The summed E-state index contributed by atoms with van der Waals surface area (Å²) in [6.45, 7) is 11.4. The van der Waals surface area contributed by atoms with Crippen LogP contribution < -0.4 is 9.26 Å². The maximum absolute atomic E-state index is 6.73. The van der Waals surface area contributed by atoms with Gasteiger partial charge in [-0.2, -0.15) is 0 Å². The number of hydrogen-bond acceptors (Lipinski definition) is 3. The van der Waals surface area contributed by atoms with Gasteiger partial charge in [0.15, 0.2) is 0 Å². The molecule has 1 aliphatic heterocycles. The molecular weight excluding hydrogens is 427 g/mol. The monoisotopic (exact) mass is 464 g/mol. The van der Waals surface area contributed by atoms with Crippen LogP contribution in [0.4, 0.5) is 0 Å². The first-order valence-corrected chi connectivity index (χ1v) is 13.8. The van der Waals surface area contributed by atoms with Crippen LogP contribution >= 0.6 is 8.38 Å². The molecule has 0 bridgehead atoms. The Morgan fingerprint density at radius 3 is 2.67 bits per heavy atom. The highest BCUT2D eigenvalue weighted by Crippen LogP contribution is 2.54. The van der Waals surface area contributed by atoms with E-state index in [-0.39, 0.29) is 5.92 Å². The smallest absolute Gasteiger partial charge is 0.234 e. The first kappa shape index (κ1) is 24.0. The standard InChI is InChI=1S/C29H37O3P/c1-5-7-9-14-24-18-27-29(26-17-21(3)15-16-25(26)22(4)31-27)28(19-24)32-33(30-6-2)20-23-12-10-8-11-13-23/h8,10-13,17-19,25-26H,4-7,9,14-16,20H2,1-3H3. The highest BCUT2D eigenvalue weighted by atomic mass is 31.2. The van der Waals surface area contributed by atoms with Crippen molar-refractivity contribution in [2.45, 2.75) is 71.4 Å². The Labute approximate surface area is 200 Å². The number of unbranched alkanes of at least 4 members (excludes halogenated alkanes) is 2. The van der Waals surface area contributed by atoms with Crippen LogP contribution in [0.5, 0.6) is 11.5 Å². The highest BCUT2D eigenvalue weighted by molar-refractivity contribution is 7.46. The van der Waals surface area contributed by atoms with Crippen LogP contribution in [-0.2, 0) is 17.1 Å². The lowest BCUT2D eigenvalue weighted by Gasteiger charge is -2.38. The molecule has 1 heterocycles. The lowest BCUT2D eigenvalue weighted by atomic mass is 9.74. The molecule has 3 nitrogen and oxygen atoms in total. The number of benzene rings is 2. The summed E-state index contributed by atoms with van der Waals surface area (Å²) < 4.78 is 19.2. The van der Waals surface area contributed by atoms with E-state index in [1.165, 1.54) is 41.5 Å². The first-order valence-electron chi connectivity index (χ1n) is 12.4. The van der Waals surface area contributed by atoms with Gasteiger partial charge in [0.2, 0.25) is 8.38 Å². The Hall–Kier alpha value is -2.09. The summed E-state index contributed by atoms with van der Waals surface area (Å²) in [5.41, 5.74) is 5.12. The van der Waals surface area contributed by atoms with Gasteiger partial charge in [0.1, 0.15) is 17.3 Å². The molecule has 0 amide bonds. The summed E-state index contributed by atoms with van der Waals surface area (Å²) in [4.78, 5) is 0. The second-order valence-electron chi connectivity index (χ2n) is 9.20. The maximum atomic E-state index is 6.73. The predicted molar refractivity (Wildman–Crippen MR) is 138 cm³/mol. The number of allylic oxidation sites excluding steroid dienone is 3. The molecule has 3 atom stereocenters. The van der Waals surface area contributed by atoms with Crippen LogP contribution in [0.25, 0.3) is 0 Å². The predicted octanol–water partition coefficient (Wildman–Crippen LogP) is 8.69. The number of hydrogen-bond donors (Lipinski definition) is 0. The summed E-state index contributed by atoms with van der Waals surface area (Å²) in [6, 6.07) is 15.0. The molecule has 4 heteroatoms. The van der Waals surface area contributed by atoms with Gasteiger partial charge in [-0.25, -0.2) is 0 Å². The molecule has 0 spiro atoms. The van der Waals surface area contributed by atoms with E-state index >= 15 is 0 Å². The summed E-state index contributed by atoms with van der Waals surface area (Å²) in [6.07, 6.45) is 10.00. The van der Waals surface area contributed by atoms with Gasteiger partial charge < -0.3 is 13.8 Å². The Morgan fingerprint density at radius 2 is 1.91 bits per heavy atom. The fraction of sp³-hybridized carbons (Fsp3) is 0.448. The zero-order chi connectivity index (χ0) is 23.2. The minimum Gasteiger partial charge on any atom is -0.462 e. The molecule has 176 valence electrons. The third kappa shape index (κ3) is 5.89. The lowest BCUT2D eigenvalue weighted by Crippen LogP contribution is -2.26. The molecule has 2 aromatic carbocycles. The Balaban J connectivity index is 1.71. The van der Waals surface area contributed by atoms with Crippen LogP contribution in [0.3, 0.4) is 0 Å². The third-order valence-corrected chi connectivity index (χ3v) is 8.17. The van der Waals surface area contributed by atoms with Gasteiger partial charge in [-0.05, 0) is 62.8 Å². The van der Waals surface area contributed by atoms with Crippen LogP contribution in [0.15, 0.2) is 66.5 Å². The van der Waals surface area contributed by atoms with E-state index in [4.69, 9.17) is 13.8 Å². The summed E-state index contributed by atoms with van der Waals surface area (Å²) in [5, 5.41) is 0. The topological polar surface area (TPSA) is 27.7 Å². The molecule has 0 aromatic heterocycles. The largest absolute Gasteiger partial charge is 0.462 e. The van der Waals surface area contributed by atoms with Crippen LogP contribution in [0.1, 0.15) is 75.5 Å². The van der Waals surface area contributed by atoms with Crippen molar-refractivity contribution in [3.8, 4) is 11.5 Å². The van der Waals surface area contributed by atoms with Crippen molar-refractivity contribution >= 4 is 8.38 Å². The molecule has 0 fully saturated rings. The Bertz CT molecular complexity index is 982. The number of fused-ring (bicyclic) bond motifs is 3. The van der Waals surface area contributed by atoms with E-state index in [9.17, 15) is 0 Å². The molecule has 0 saturated heterocycles. The second kappa shape index (κ2) is 11.4. The average molecular weight is 465 g/mol. The molecule has 0 N–H and O–H groups in total. The van der Waals surface area contributed by atoms with Crippen molar-refractivity contribution in [3.05, 3.63) is 83.1 Å². The highest BCUT2D eigenvalue weighted by Gasteiger charge is 2.37. The Morgan fingerprint density at radius 1 is 1.09 bits per heavy atom. The first-order chi connectivity index (χ1) is 16.1. The Kier molecular flexibility index (Phi) is 8.28. The zero-order valence-corrected chi connectivity index (χ0v) is 21.2. The van der Waals surface area contributed by atoms with Crippen LogP contribution in [-0.4, -0.2) is 6.61 Å². The summed E-state index contributed by atoms with van der Waals surface area (Å²) in [5.74, 6) is 3.31. The number of rotatable bonds is 10. The van der Waals surface area contributed by atoms with Crippen molar-refractivity contribution in [1.29, 1.82) is 0 Å². The van der Waals surface area contributed by atoms with Crippen molar-refractivity contribution in [2.75, 3.05) is 6.61 Å². The SMILES string of the molecule is C=C1Oc2cc(CCCCC)cc(OP(Cc3ccccc3)OCC)c2C2C=C(C)CCC12. The number of ether oxygens (including phenoxy) is 1. The average Bonchev–Trinajstić information content (AvgIpc) is 2.80. The summed E-state index contributed by atoms with van der Waals surface area (Å²) in [7, 11) is -1.10. The molecule has 0 radical (unpaired) electrons. The van der Waals surface area contributed by atoms with E-state index in [2.05, 4.69) is 62.9 Å². The molecular formula is C29H37O3P. The van der Waals surface area contributed by atoms with Crippen LogP contribution in [0.2, 0.25) is 0 Å². The van der Waals surface area contributed by atoms with Crippen LogP contribution in [0, 0.1) is 5.92 Å². The van der Waals surface area contributed by atoms with Crippen molar-refractivity contribution in [2.24, 2.45) is 5.92 Å². The molecule has 2 aliphatic rings. The minimum absolute atomic E-state index is 0.255. The fourth-order valence-electron chi connectivity index (χ4n) is 4.89. The zero-order valence-electron chi connectivity index (χ0n) is 20.3.